The van der Waals surface area contributed by atoms with Gasteiger partial charge in [0.25, 0.3) is 0 Å². The Hall–Kier alpha value is -1.28. The van der Waals surface area contributed by atoms with Gasteiger partial charge in [0, 0.05) is 24.9 Å². The highest BCUT2D eigenvalue weighted by molar-refractivity contribution is 7.97. The van der Waals surface area contributed by atoms with Crippen molar-refractivity contribution in [2.75, 3.05) is 18.1 Å². The average molecular weight is 339 g/mol. The van der Waals surface area contributed by atoms with Crippen LogP contribution in [0, 0.1) is 0 Å². The monoisotopic (exact) mass is 339 g/mol. The van der Waals surface area contributed by atoms with Crippen molar-refractivity contribution in [3.63, 3.8) is 0 Å². The van der Waals surface area contributed by atoms with Crippen LogP contribution in [-0.2, 0) is 11.2 Å². The van der Waals surface area contributed by atoms with Gasteiger partial charge >= 0.3 is 6.03 Å². The molecule has 1 aliphatic rings. The number of ether oxygens (including phenoxy) is 1. The highest BCUT2D eigenvalue weighted by atomic mass is 32.2. The molecule has 1 aromatic carbocycles. The normalized spacial score (nSPS) is 24.2. The number of nitrogens with two attached hydrogens (primary N) is 1. The Balaban J connectivity index is 1.90. The first-order valence-electron chi connectivity index (χ1n) is 7.85. The first kappa shape index (κ1) is 18.1. The second-order valence-electron chi connectivity index (χ2n) is 5.71. The number of hydrogen-bond donors (Lipinski definition) is 4. The summed E-state index contributed by atoms with van der Waals surface area (Å²) in [6.07, 6.45) is 2.78. The van der Waals surface area contributed by atoms with Crippen molar-refractivity contribution < 1.29 is 14.6 Å². The van der Waals surface area contributed by atoms with Crippen LogP contribution in [-0.4, -0.2) is 42.3 Å². The molecule has 7 heteroatoms. The fraction of sp³-hybridized carbons (Fsp3) is 0.562. The molecule has 3 atom stereocenters. The highest BCUT2D eigenvalue weighted by Gasteiger charge is 2.29. The maximum atomic E-state index is 11.3. The van der Waals surface area contributed by atoms with E-state index in [0.29, 0.717) is 6.42 Å². The van der Waals surface area contributed by atoms with Crippen molar-refractivity contribution >= 4 is 23.7 Å². The van der Waals surface area contributed by atoms with E-state index >= 15 is 0 Å². The number of aliphatic hydroxyl groups is 1. The van der Waals surface area contributed by atoms with Gasteiger partial charge in [0.15, 0.2) is 0 Å². The third-order valence-corrected chi connectivity index (χ3v) is 4.49. The second-order valence-corrected chi connectivity index (χ2v) is 6.45. The number of urea groups is 1. The maximum Gasteiger partial charge on any atom is 0.318 e. The van der Waals surface area contributed by atoms with E-state index in [-0.39, 0.29) is 18.2 Å². The lowest BCUT2D eigenvalue weighted by molar-refractivity contribution is -0.116. The second kappa shape index (κ2) is 9.12. The molecule has 1 fully saturated rings. The molecule has 128 valence electrons. The molecular weight excluding hydrogens is 314 g/mol. The number of carbonyl (C=O) groups is 1. The smallest absolute Gasteiger partial charge is 0.318 e. The molecule has 1 heterocycles. The van der Waals surface area contributed by atoms with Gasteiger partial charge in [-0.2, -0.15) is 0 Å². The van der Waals surface area contributed by atoms with E-state index in [1.54, 1.807) is 7.05 Å². The summed E-state index contributed by atoms with van der Waals surface area (Å²) in [6, 6.07) is 7.34. The van der Waals surface area contributed by atoms with Crippen LogP contribution in [0.25, 0.3) is 0 Å². The maximum absolute atomic E-state index is 11.3. The summed E-state index contributed by atoms with van der Waals surface area (Å²) in [5, 5.41) is 20.8. The lowest BCUT2D eigenvalue weighted by atomic mass is 9.95. The number of benzene rings is 1. The van der Waals surface area contributed by atoms with Crippen LogP contribution in [0.15, 0.2) is 24.3 Å². The lowest BCUT2D eigenvalue weighted by Gasteiger charge is -2.34. The molecule has 1 aliphatic heterocycles. The van der Waals surface area contributed by atoms with Gasteiger partial charge in [0.05, 0.1) is 18.3 Å². The Morgan fingerprint density at radius 1 is 1.39 bits per heavy atom. The topological polar surface area (TPSA) is 96.6 Å². The molecule has 0 bridgehead atoms. The van der Waals surface area contributed by atoms with Crippen LogP contribution < -0.4 is 15.8 Å². The fourth-order valence-corrected chi connectivity index (χ4v) is 3.09. The number of hydrogen-bond acceptors (Lipinski definition) is 5. The van der Waals surface area contributed by atoms with E-state index in [1.165, 1.54) is 11.9 Å². The third kappa shape index (κ3) is 5.69. The standard InChI is InChI=1S/C16H25N3O3S/c1-18-16(21)19-12-4-2-11(3-5-12)10-15-14(20)7-6-13(22-15)8-9-23-17/h2-5,13-15,20H,6-10,17H2,1H3,(H2,18,19,21)/t13?,14?,15-/m0/s1. The number of anilines is 1. The molecule has 1 aromatic rings. The average Bonchev–Trinajstić information content (AvgIpc) is 2.57. The largest absolute Gasteiger partial charge is 0.390 e. The van der Waals surface area contributed by atoms with E-state index in [4.69, 9.17) is 9.88 Å². The molecular formula is C16H25N3O3S. The summed E-state index contributed by atoms with van der Waals surface area (Å²) in [6.45, 7) is 0. The molecule has 0 aromatic heterocycles. The van der Waals surface area contributed by atoms with Crippen LogP contribution in [0.1, 0.15) is 24.8 Å². The van der Waals surface area contributed by atoms with E-state index in [0.717, 1.165) is 36.3 Å². The Morgan fingerprint density at radius 2 is 2.13 bits per heavy atom. The summed E-state index contributed by atoms with van der Waals surface area (Å²) in [5.74, 6) is 0.868. The van der Waals surface area contributed by atoms with Crippen LogP contribution in [0.5, 0.6) is 0 Å². The summed E-state index contributed by atoms with van der Waals surface area (Å²) in [5.41, 5.74) is 1.81. The number of nitrogens with one attached hydrogen (secondary N) is 2. The van der Waals surface area contributed by atoms with E-state index < -0.39 is 6.10 Å². The van der Waals surface area contributed by atoms with Crippen LogP contribution in [0.4, 0.5) is 10.5 Å². The van der Waals surface area contributed by atoms with E-state index in [9.17, 15) is 9.90 Å². The minimum absolute atomic E-state index is 0.175. The predicted octanol–water partition coefficient (Wildman–Crippen LogP) is 1.89. The van der Waals surface area contributed by atoms with Crippen molar-refractivity contribution in [2.45, 2.75) is 44.0 Å². The zero-order valence-electron chi connectivity index (χ0n) is 13.3. The molecule has 0 saturated carbocycles. The molecule has 5 N–H and O–H groups in total. The van der Waals surface area contributed by atoms with Gasteiger partial charge in [-0.05, 0) is 37.0 Å². The zero-order valence-corrected chi connectivity index (χ0v) is 14.1. The van der Waals surface area contributed by atoms with Crippen molar-refractivity contribution in [1.82, 2.24) is 5.32 Å². The fourth-order valence-electron chi connectivity index (χ4n) is 2.69. The summed E-state index contributed by atoms with van der Waals surface area (Å²) in [7, 11) is 1.57. The number of rotatable bonds is 6. The van der Waals surface area contributed by atoms with Gasteiger partial charge in [-0.25, -0.2) is 4.79 Å². The lowest BCUT2D eigenvalue weighted by Crippen LogP contribution is -2.40. The van der Waals surface area contributed by atoms with Crippen LogP contribution >= 0.6 is 11.9 Å². The SMILES string of the molecule is CNC(=O)Nc1ccc(C[C@@H]2OC(CCSN)CCC2O)cc1. The quantitative estimate of drug-likeness (QED) is 0.594. The molecule has 0 aliphatic carbocycles. The Bertz CT molecular complexity index is 496. The summed E-state index contributed by atoms with van der Waals surface area (Å²) < 4.78 is 6.02. The first-order chi connectivity index (χ1) is 11.1. The minimum Gasteiger partial charge on any atom is -0.390 e. The zero-order chi connectivity index (χ0) is 16.7. The van der Waals surface area contributed by atoms with Gasteiger partial charge in [-0.1, -0.05) is 24.1 Å². The number of aliphatic hydroxyl groups excluding tert-OH is 1. The van der Waals surface area contributed by atoms with Gasteiger partial charge in [-0.15, -0.1) is 0 Å². The van der Waals surface area contributed by atoms with Crippen molar-refractivity contribution in [1.29, 1.82) is 0 Å². The Labute approximate surface area is 141 Å². The van der Waals surface area contributed by atoms with E-state index in [1.807, 2.05) is 24.3 Å². The highest BCUT2D eigenvalue weighted by Crippen LogP contribution is 2.25. The first-order valence-corrected chi connectivity index (χ1v) is 8.90. The Kier molecular flexibility index (Phi) is 7.16. The molecule has 2 unspecified atom stereocenters. The van der Waals surface area contributed by atoms with Crippen molar-refractivity contribution in [2.24, 2.45) is 5.14 Å². The Morgan fingerprint density at radius 3 is 2.78 bits per heavy atom. The number of carbonyl (C=O) groups excluding carboxylic acids is 1. The van der Waals surface area contributed by atoms with Crippen LogP contribution in [0.3, 0.4) is 0 Å². The molecule has 23 heavy (non-hydrogen) atoms. The van der Waals surface area contributed by atoms with Gasteiger partial charge < -0.3 is 20.5 Å². The van der Waals surface area contributed by atoms with Crippen LogP contribution in [0.2, 0.25) is 0 Å². The van der Waals surface area contributed by atoms with Gasteiger partial charge in [0.2, 0.25) is 0 Å². The number of amides is 2. The molecule has 2 amide bonds. The van der Waals surface area contributed by atoms with Crippen molar-refractivity contribution in [3.8, 4) is 0 Å². The van der Waals surface area contributed by atoms with E-state index in [2.05, 4.69) is 10.6 Å². The van der Waals surface area contributed by atoms with Crippen molar-refractivity contribution in [3.05, 3.63) is 29.8 Å². The van der Waals surface area contributed by atoms with Gasteiger partial charge in [-0.3, -0.25) is 5.14 Å². The van der Waals surface area contributed by atoms with Gasteiger partial charge in [0.1, 0.15) is 0 Å². The molecule has 0 spiro atoms. The summed E-state index contributed by atoms with van der Waals surface area (Å²) in [4.78, 5) is 11.3. The molecule has 1 saturated heterocycles. The predicted molar refractivity (Wildman–Crippen MR) is 93.4 cm³/mol. The minimum atomic E-state index is -0.430. The molecule has 6 nitrogen and oxygen atoms in total. The third-order valence-electron chi connectivity index (χ3n) is 4.01. The molecule has 2 rings (SSSR count). The molecule has 0 radical (unpaired) electrons. The summed E-state index contributed by atoms with van der Waals surface area (Å²) >= 11 is 1.33.